The van der Waals surface area contributed by atoms with Gasteiger partial charge in [0.05, 0.1) is 0 Å². The standard InChI is InChI=1S/C14H14S2.ClH/c1-3-7-13(8-4-1)11-15-16-12-14-9-5-2-6-10-14;/h1-10H,11-12H2;1H. The quantitative estimate of drug-likeness (QED) is 0.547. The molecule has 0 unspecified atom stereocenters. The van der Waals surface area contributed by atoms with Gasteiger partial charge in [-0.3, -0.25) is 0 Å². The number of benzene rings is 2. The van der Waals surface area contributed by atoms with Crippen LogP contribution < -0.4 is 0 Å². The molecule has 17 heavy (non-hydrogen) atoms. The van der Waals surface area contributed by atoms with Gasteiger partial charge in [0, 0.05) is 11.5 Å². The summed E-state index contributed by atoms with van der Waals surface area (Å²) in [5.74, 6) is 2.16. The van der Waals surface area contributed by atoms with Crippen LogP contribution in [-0.4, -0.2) is 0 Å². The lowest BCUT2D eigenvalue weighted by molar-refractivity contribution is 1.42. The maximum Gasteiger partial charge on any atom is 0.0288 e. The molecule has 0 radical (unpaired) electrons. The minimum atomic E-state index is 0. The van der Waals surface area contributed by atoms with E-state index in [0.717, 1.165) is 11.5 Å². The highest BCUT2D eigenvalue weighted by Crippen LogP contribution is 2.29. The van der Waals surface area contributed by atoms with E-state index in [-0.39, 0.29) is 12.4 Å². The fourth-order valence-corrected chi connectivity index (χ4v) is 3.51. The topological polar surface area (TPSA) is 0 Å². The van der Waals surface area contributed by atoms with Crippen LogP contribution in [0.1, 0.15) is 11.1 Å². The van der Waals surface area contributed by atoms with Gasteiger partial charge in [-0.05, 0) is 11.1 Å². The van der Waals surface area contributed by atoms with Crippen LogP contribution in [0.2, 0.25) is 0 Å². The molecule has 2 aromatic rings. The highest BCUT2D eigenvalue weighted by molar-refractivity contribution is 8.76. The van der Waals surface area contributed by atoms with Gasteiger partial charge in [0.1, 0.15) is 0 Å². The third kappa shape index (κ3) is 5.53. The number of rotatable bonds is 5. The molecule has 0 spiro atoms. The molecule has 0 bridgehead atoms. The van der Waals surface area contributed by atoms with Crippen molar-refractivity contribution in [1.29, 1.82) is 0 Å². The van der Waals surface area contributed by atoms with Gasteiger partial charge >= 0.3 is 0 Å². The summed E-state index contributed by atoms with van der Waals surface area (Å²) >= 11 is 0. The molecule has 90 valence electrons. The first-order chi connectivity index (χ1) is 7.95. The smallest absolute Gasteiger partial charge is 0.0288 e. The average Bonchev–Trinajstić information content (AvgIpc) is 2.37. The van der Waals surface area contributed by atoms with E-state index < -0.39 is 0 Å². The second-order valence-corrected chi connectivity index (χ2v) is 5.96. The Labute approximate surface area is 117 Å². The molecule has 0 amide bonds. The lowest BCUT2D eigenvalue weighted by atomic mass is 10.2. The molecule has 0 aromatic heterocycles. The molecular formula is C14H15ClS2. The van der Waals surface area contributed by atoms with Crippen LogP contribution in [0.25, 0.3) is 0 Å². The third-order valence-corrected chi connectivity index (χ3v) is 4.50. The summed E-state index contributed by atoms with van der Waals surface area (Å²) in [5, 5.41) is 0. The molecule has 0 aliphatic heterocycles. The first-order valence-electron chi connectivity index (χ1n) is 5.27. The monoisotopic (exact) mass is 282 g/mol. The fourth-order valence-electron chi connectivity index (χ4n) is 1.37. The van der Waals surface area contributed by atoms with Gasteiger partial charge in [0.2, 0.25) is 0 Å². The first-order valence-corrected chi connectivity index (χ1v) is 7.76. The summed E-state index contributed by atoms with van der Waals surface area (Å²) in [6, 6.07) is 21.2. The van der Waals surface area contributed by atoms with Gasteiger partial charge in [-0.25, -0.2) is 0 Å². The van der Waals surface area contributed by atoms with Crippen LogP contribution in [0.3, 0.4) is 0 Å². The van der Waals surface area contributed by atoms with Crippen molar-refractivity contribution < 1.29 is 0 Å². The lowest BCUT2D eigenvalue weighted by Gasteiger charge is -2.01. The Morgan fingerprint density at radius 2 is 0.941 bits per heavy atom. The molecule has 0 saturated heterocycles. The molecule has 3 heteroatoms. The molecule has 0 fully saturated rings. The lowest BCUT2D eigenvalue weighted by Crippen LogP contribution is -1.78. The van der Waals surface area contributed by atoms with E-state index in [9.17, 15) is 0 Å². The van der Waals surface area contributed by atoms with Crippen molar-refractivity contribution in [2.45, 2.75) is 11.5 Å². The van der Waals surface area contributed by atoms with Crippen LogP contribution in [0.15, 0.2) is 60.7 Å². The minimum absolute atomic E-state index is 0. The molecule has 0 atom stereocenters. The second-order valence-electron chi connectivity index (χ2n) is 3.50. The number of hydrogen-bond donors (Lipinski definition) is 0. The predicted molar refractivity (Wildman–Crippen MR) is 82.7 cm³/mol. The largest absolute Gasteiger partial charge is 0.147 e. The fraction of sp³-hybridized carbons (Fsp3) is 0.143. The molecule has 0 saturated carbocycles. The number of hydrogen-bond acceptors (Lipinski definition) is 2. The van der Waals surface area contributed by atoms with E-state index in [0.29, 0.717) is 0 Å². The van der Waals surface area contributed by atoms with Crippen molar-refractivity contribution in [2.75, 3.05) is 0 Å². The molecule has 2 rings (SSSR count). The van der Waals surface area contributed by atoms with E-state index in [2.05, 4.69) is 60.7 Å². The highest BCUT2D eigenvalue weighted by Gasteiger charge is 1.94. The first kappa shape index (κ1) is 14.5. The molecule has 0 aliphatic carbocycles. The Balaban J connectivity index is 0.00000144. The van der Waals surface area contributed by atoms with Crippen LogP contribution in [0.4, 0.5) is 0 Å². The van der Waals surface area contributed by atoms with Crippen molar-refractivity contribution in [3.8, 4) is 0 Å². The van der Waals surface area contributed by atoms with Crippen LogP contribution in [-0.2, 0) is 11.5 Å². The predicted octanol–water partition coefficient (Wildman–Crippen LogP) is 5.19. The Bertz CT molecular complexity index is 362. The molecule has 0 heterocycles. The SMILES string of the molecule is Cl.c1ccc(CSSCc2ccccc2)cc1. The van der Waals surface area contributed by atoms with E-state index in [4.69, 9.17) is 0 Å². The van der Waals surface area contributed by atoms with E-state index in [1.807, 2.05) is 21.6 Å². The zero-order valence-electron chi connectivity index (χ0n) is 9.41. The van der Waals surface area contributed by atoms with E-state index in [1.54, 1.807) is 0 Å². The summed E-state index contributed by atoms with van der Waals surface area (Å²) < 4.78 is 0. The molecule has 2 aromatic carbocycles. The van der Waals surface area contributed by atoms with Gasteiger partial charge in [-0.1, -0.05) is 82.3 Å². The maximum absolute atomic E-state index is 2.18. The summed E-state index contributed by atoms with van der Waals surface area (Å²) in [4.78, 5) is 0. The second kappa shape index (κ2) is 8.51. The Kier molecular flexibility index (Phi) is 7.25. The molecule has 0 nitrogen and oxygen atoms in total. The number of halogens is 1. The van der Waals surface area contributed by atoms with Crippen molar-refractivity contribution in [2.24, 2.45) is 0 Å². The minimum Gasteiger partial charge on any atom is -0.147 e. The van der Waals surface area contributed by atoms with Crippen LogP contribution in [0, 0.1) is 0 Å². The van der Waals surface area contributed by atoms with Crippen molar-refractivity contribution in [3.05, 3.63) is 71.8 Å². The summed E-state index contributed by atoms with van der Waals surface area (Å²) in [5.41, 5.74) is 2.79. The Morgan fingerprint density at radius 3 is 1.29 bits per heavy atom. The van der Waals surface area contributed by atoms with Gasteiger partial charge in [0.25, 0.3) is 0 Å². The Morgan fingerprint density at radius 1 is 0.588 bits per heavy atom. The van der Waals surface area contributed by atoms with Gasteiger partial charge in [-0.15, -0.1) is 12.4 Å². The van der Waals surface area contributed by atoms with Crippen LogP contribution in [0.5, 0.6) is 0 Å². The zero-order chi connectivity index (χ0) is 11.1. The van der Waals surface area contributed by atoms with Gasteiger partial charge in [0.15, 0.2) is 0 Å². The van der Waals surface area contributed by atoms with Crippen LogP contribution >= 0.6 is 34.0 Å². The summed E-state index contributed by atoms with van der Waals surface area (Å²) in [6.07, 6.45) is 0. The zero-order valence-corrected chi connectivity index (χ0v) is 11.9. The van der Waals surface area contributed by atoms with Gasteiger partial charge in [-0.2, -0.15) is 0 Å². The van der Waals surface area contributed by atoms with Crippen molar-refractivity contribution in [1.82, 2.24) is 0 Å². The summed E-state index contributed by atoms with van der Waals surface area (Å²) in [6.45, 7) is 0. The molecule has 0 N–H and O–H groups in total. The van der Waals surface area contributed by atoms with E-state index >= 15 is 0 Å². The normalized spacial score (nSPS) is 9.65. The molecular weight excluding hydrogens is 268 g/mol. The average molecular weight is 283 g/mol. The van der Waals surface area contributed by atoms with Gasteiger partial charge < -0.3 is 0 Å². The molecule has 0 aliphatic rings. The van der Waals surface area contributed by atoms with Crippen molar-refractivity contribution in [3.63, 3.8) is 0 Å². The summed E-state index contributed by atoms with van der Waals surface area (Å²) in [7, 11) is 3.84. The van der Waals surface area contributed by atoms with Crippen molar-refractivity contribution >= 4 is 34.0 Å². The third-order valence-electron chi connectivity index (χ3n) is 2.22. The van der Waals surface area contributed by atoms with E-state index in [1.165, 1.54) is 11.1 Å². The maximum atomic E-state index is 2.18. The highest BCUT2D eigenvalue weighted by atomic mass is 35.5. The Hall–Kier alpha value is -0.570.